The Bertz CT molecular complexity index is 3440. The Hall–Kier alpha value is -7.42. The van der Waals surface area contributed by atoms with Gasteiger partial charge in [-0.2, -0.15) is 0 Å². The van der Waals surface area contributed by atoms with Gasteiger partial charge in [-0.15, -0.1) is 0 Å². The van der Waals surface area contributed by atoms with Crippen LogP contribution < -0.4 is 4.90 Å². The van der Waals surface area contributed by atoms with Crippen LogP contribution in [-0.4, -0.2) is 0 Å². The Kier molecular flexibility index (Phi) is 6.13. The van der Waals surface area contributed by atoms with E-state index >= 15 is 0 Å². The second-order valence-electron chi connectivity index (χ2n) is 15.5. The summed E-state index contributed by atoms with van der Waals surface area (Å²) >= 11 is 0. The van der Waals surface area contributed by atoms with Crippen LogP contribution in [0.5, 0.6) is 0 Å². The zero-order valence-corrected chi connectivity index (χ0v) is 30.9. The van der Waals surface area contributed by atoms with Crippen molar-refractivity contribution < 1.29 is 4.42 Å². The highest BCUT2D eigenvalue weighted by atomic mass is 16.3. The first-order valence-corrected chi connectivity index (χ1v) is 19.8. The van der Waals surface area contributed by atoms with Crippen LogP contribution in [0.25, 0.3) is 76.5 Å². The van der Waals surface area contributed by atoms with Crippen LogP contribution >= 0.6 is 0 Å². The molecular formula is C55H33NO. The first-order valence-electron chi connectivity index (χ1n) is 19.8. The SMILES string of the molecule is c1ccc(N(c2ccc3c4c(c5ccccc5c3c2)-c2ccc3ccccc3c2C42c3ccccc3-c3ccccc32)c2cccc3c2oc2ccccc23)cc1. The Morgan fingerprint density at radius 1 is 0.368 bits per heavy atom. The number of rotatable bonds is 3. The minimum absolute atomic E-state index is 0.512. The molecule has 0 fully saturated rings. The van der Waals surface area contributed by atoms with Gasteiger partial charge in [-0.05, 0) is 113 Å². The van der Waals surface area contributed by atoms with Gasteiger partial charge >= 0.3 is 0 Å². The molecule has 2 nitrogen and oxygen atoms in total. The zero-order valence-electron chi connectivity index (χ0n) is 30.9. The van der Waals surface area contributed by atoms with Crippen molar-refractivity contribution in [3.8, 4) is 22.3 Å². The fraction of sp³-hybridized carbons (Fsp3) is 0.0182. The molecule has 1 spiro atoms. The van der Waals surface area contributed by atoms with Crippen molar-refractivity contribution in [2.45, 2.75) is 5.41 Å². The van der Waals surface area contributed by atoms with E-state index in [9.17, 15) is 0 Å². The number of hydrogen-bond donors (Lipinski definition) is 0. The fourth-order valence-electron chi connectivity index (χ4n) is 10.7. The van der Waals surface area contributed by atoms with E-state index in [0.717, 1.165) is 39.0 Å². The number of hydrogen-bond acceptors (Lipinski definition) is 2. The summed E-state index contributed by atoms with van der Waals surface area (Å²) in [7, 11) is 0. The van der Waals surface area contributed by atoms with E-state index in [4.69, 9.17) is 4.42 Å². The van der Waals surface area contributed by atoms with E-state index in [0.29, 0.717) is 0 Å². The summed E-state index contributed by atoms with van der Waals surface area (Å²) in [4.78, 5) is 2.37. The molecule has 57 heavy (non-hydrogen) atoms. The molecule has 0 amide bonds. The molecule has 11 aromatic rings. The van der Waals surface area contributed by atoms with Gasteiger partial charge in [-0.25, -0.2) is 0 Å². The summed E-state index contributed by atoms with van der Waals surface area (Å²) in [6.07, 6.45) is 0. The molecule has 2 aliphatic carbocycles. The number of fused-ring (bicyclic) bond motifs is 20. The molecule has 0 bridgehead atoms. The fourth-order valence-corrected chi connectivity index (χ4v) is 10.7. The second kappa shape index (κ2) is 11.3. The van der Waals surface area contributed by atoms with Crippen molar-refractivity contribution in [1.82, 2.24) is 0 Å². The molecule has 0 radical (unpaired) electrons. The molecule has 264 valence electrons. The Morgan fingerprint density at radius 3 is 1.82 bits per heavy atom. The number of anilines is 3. The van der Waals surface area contributed by atoms with Gasteiger partial charge in [-0.1, -0.05) is 164 Å². The van der Waals surface area contributed by atoms with Gasteiger partial charge in [-0.3, -0.25) is 0 Å². The first kappa shape index (κ1) is 30.9. The van der Waals surface area contributed by atoms with Gasteiger partial charge in [0.25, 0.3) is 0 Å². The second-order valence-corrected chi connectivity index (χ2v) is 15.5. The molecule has 1 aromatic heterocycles. The van der Waals surface area contributed by atoms with Gasteiger partial charge in [0.05, 0.1) is 11.1 Å². The monoisotopic (exact) mass is 723 g/mol. The lowest BCUT2D eigenvalue weighted by atomic mass is 9.68. The average molecular weight is 724 g/mol. The molecule has 13 rings (SSSR count). The Balaban J connectivity index is 1.18. The third-order valence-electron chi connectivity index (χ3n) is 12.8. The molecule has 0 aliphatic heterocycles. The lowest BCUT2D eigenvalue weighted by Gasteiger charge is -2.33. The predicted molar refractivity (Wildman–Crippen MR) is 237 cm³/mol. The molecule has 2 aliphatic rings. The maximum atomic E-state index is 6.68. The molecular weight excluding hydrogens is 691 g/mol. The maximum absolute atomic E-state index is 6.68. The first-order chi connectivity index (χ1) is 28.3. The van der Waals surface area contributed by atoms with Crippen molar-refractivity contribution in [2.75, 3.05) is 4.90 Å². The van der Waals surface area contributed by atoms with Crippen LogP contribution in [0.4, 0.5) is 17.1 Å². The van der Waals surface area contributed by atoms with E-state index < -0.39 is 5.41 Å². The highest BCUT2D eigenvalue weighted by Gasteiger charge is 2.53. The molecule has 2 heteroatoms. The van der Waals surface area contributed by atoms with Crippen LogP contribution in [0.1, 0.15) is 22.3 Å². The van der Waals surface area contributed by atoms with Gasteiger partial charge in [0, 0.05) is 22.1 Å². The third kappa shape index (κ3) is 3.94. The maximum Gasteiger partial charge on any atom is 0.159 e. The zero-order chi connectivity index (χ0) is 37.2. The topological polar surface area (TPSA) is 16.4 Å². The van der Waals surface area contributed by atoms with Gasteiger partial charge < -0.3 is 9.32 Å². The molecule has 0 saturated carbocycles. The van der Waals surface area contributed by atoms with Crippen molar-refractivity contribution in [1.29, 1.82) is 0 Å². The van der Waals surface area contributed by atoms with Crippen LogP contribution in [0, 0.1) is 0 Å². The minimum Gasteiger partial charge on any atom is -0.454 e. The summed E-state index contributed by atoms with van der Waals surface area (Å²) in [5.74, 6) is 0. The molecule has 0 unspecified atom stereocenters. The summed E-state index contributed by atoms with van der Waals surface area (Å²) in [5, 5.41) is 9.83. The molecule has 10 aromatic carbocycles. The number of benzene rings is 10. The molecule has 0 atom stereocenters. The quantitative estimate of drug-likeness (QED) is 0.169. The number of furan rings is 1. The normalized spacial score (nSPS) is 13.4. The van der Waals surface area contributed by atoms with Crippen molar-refractivity contribution >= 4 is 71.3 Å². The molecule has 0 saturated heterocycles. The third-order valence-corrected chi connectivity index (χ3v) is 12.8. The summed E-state index contributed by atoms with van der Waals surface area (Å²) in [6, 6.07) is 73.7. The predicted octanol–water partition coefficient (Wildman–Crippen LogP) is 14.9. The number of nitrogens with zero attached hydrogens (tertiary/aromatic N) is 1. The van der Waals surface area contributed by atoms with Crippen LogP contribution in [-0.2, 0) is 5.41 Å². The molecule has 0 N–H and O–H groups in total. The number of para-hydroxylation sites is 3. The minimum atomic E-state index is -0.512. The van der Waals surface area contributed by atoms with E-state index in [1.165, 1.54) is 76.8 Å². The highest BCUT2D eigenvalue weighted by Crippen LogP contribution is 2.66. The Morgan fingerprint density at radius 2 is 1.02 bits per heavy atom. The summed E-state index contributed by atoms with van der Waals surface area (Å²) in [5.41, 5.74) is 15.2. The van der Waals surface area contributed by atoms with Gasteiger partial charge in [0.1, 0.15) is 5.58 Å². The van der Waals surface area contributed by atoms with Crippen LogP contribution in [0.3, 0.4) is 0 Å². The van der Waals surface area contributed by atoms with Crippen molar-refractivity contribution in [3.05, 3.63) is 222 Å². The van der Waals surface area contributed by atoms with Crippen molar-refractivity contribution in [2.24, 2.45) is 0 Å². The van der Waals surface area contributed by atoms with Gasteiger partial charge in [0.2, 0.25) is 0 Å². The highest BCUT2D eigenvalue weighted by molar-refractivity contribution is 6.22. The van der Waals surface area contributed by atoms with E-state index in [1.807, 2.05) is 6.07 Å². The summed E-state index contributed by atoms with van der Waals surface area (Å²) < 4.78 is 6.68. The largest absolute Gasteiger partial charge is 0.454 e. The molecule has 1 heterocycles. The van der Waals surface area contributed by atoms with Crippen LogP contribution in [0.2, 0.25) is 0 Å². The Labute approximate surface area is 329 Å². The lowest BCUT2D eigenvalue weighted by molar-refractivity contribution is 0.669. The smallest absolute Gasteiger partial charge is 0.159 e. The van der Waals surface area contributed by atoms with E-state index in [1.54, 1.807) is 0 Å². The van der Waals surface area contributed by atoms with E-state index in [2.05, 4.69) is 199 Å². The summed E-state index contributed by atoms with van der Waals surface area (Å²) in [6.45, 7) is 0. The lowest BCUT2D eigenvalue weighted by Crippen LogP contribution is -2.26. The standard InChI is InChI=1S/C55H33NO/c1-2-16-35(17-3-1)56(49-27-14-24-44-41-22-10-13-28-50(41)57-54(44)49)36-30-32-43-46(33-36)38-19-6-7-23-42(38)51-45-31-29-34-15-4-5-18-37(34)52(45)55(53(43)51)47-25-11-8-20-39(47)40-21-9-12-26-48(40)55/h1-33H. The van der Waals surface area contributed by atoms with Gasteiger partial charge in [0.15, 0.2) is 5.58 Å². The van der Waals surface area contributed by atoms with Crippen molar-refractivity contribution in [3.63, 3.8) is 0 Å². The van der Waals surface area contributed by atoms with Crippen LogP contribution in [0.15, 0.2) is 205 Å². The average Bonchev–Trinajstić information content (AvgIpc) is 3.92. The van der Waals surface area contributed by atoms with E-state index in [-0.39, 0.29) is 0 Å².